The lowest BCUT2D eigenvalue weighted by molar-refractivity contribution is -0.0172. The lowest BCUT2D eigenvalue weighted by Gasteiger charge is -2.36. The third-order valence-electron chi connectivity index (χ3n) is 14.1. The van der Waals surface area contributed by atoms with Crippen molar-refractivity contribution in [2.75, 3.05) is 26.4 Å². The monoisotopic (exact) mass is 808 g/mol. The summed E-state index contributed by atoms with van der Waals surface area (Å²) in [6.07, 6.45) is 33.6. The second kappa shape index (κ2) is 21.9. The third kappa shape index (κ3) is 16.5. The van der Waals surface area contributed by atoms with Gasteiger partial charge in [-0.15, -0.1) is 0 Å². The first-order valence-corrected chi connectivity index (χ1v) is 23.5. The van der Waals surface area contributed by atoms with Gasteiger partial charge in [0.1, 0.15) is 31.8 Å². The highest BCUT2D eigenvalue weighted by Crippen LogP contribution is 2.43. The Balaban J connectivity index is 1.43. The molecule has 0 unspecified atom stereocenters. The van der Waals surface area contributed by atoms with Crippen LogP contribution in [0.4, 0.5) is 0 Å². The quantitative estimate of drug-likeness (QED) is 0.113. The standard InChI is InChI=1S/C45H76O4S4/c1-41(21-9-5-10-22-41)29-17-37(50)46-33-45(34-47-38(51)18-30-42(2)23-11-6-12-24-42,35-48-39(52)19-31-43(3)25-13-7-14-26-43)36-49-40(53)20-32-44(4)27-15-8-16-28-44/h5-36H2,1-4H3. The van der Waals surface area contributed by atoms with Crippen molar-refractivity contribution in [3.63, 3.8) is 0 Å². The normalized spacial score (nSPS) is 22.3. The molecule has 8 heteroatoms. The van der Waals surface area contributed by atoms with Crippen molar-refractivity contribution in [3.05, 3.63) is 0 Å². The molecule has 0 N–H and O–H groups in total. The number of hydrogen-bond acceptors (Lipinski definition) is 8. The van der Waals surface area contributed by atoms with Crippen LogP contribution in [0, 0.1) is 27.1 Å². The summed E-state index contributed by atoms with van der Waals surface area (Å²) >= 11 is 23.6. The number of thiocarbonyl (C=S) groups is 4. The molecule has 4 saturated carbocycles. The third-order valence-corrected chi connectivity index (χ3v) is 15.4. The van der Waals surface area contributed by atoms with Crippen LogP contribution in [-0.2, 0) is 18.9 Å². The Labute approximate surface area is 347 Å². The van der Waals surface area contributed by atoms with E-state index in [1.807, 2.05) is 0 Å². The maximum absolute atomic E-state index is 6.52. The van der Waals surface area contributed by atoms with Crippen LogP contribution in [0.15, 0.2) is 0 Å². The Bertz CT molecular complexity index is 977. The van der Waals surface area contributed by atoms with Gasteiger partial charge in [0.05, 0.1) is 0 Å². The van der Waals surface area contributed by atoms with E-state index in [0.29, 0.717) is 68.3 Å². The topological polar surface area (TPSA) is 36.9 Å². The van der Waals surface area contributed by atoms with Crippen LogP contribution in [0.3, 0.4) is 0 Å². The minimum absolute atomic E-state index is 0.323. The van der Waals surface area contributed by atoms with Crippen LogP contribution >= 0.6 is 48.9 Å². The van der Waals surface area contributed by atoms with Crippen LogP contribution < -0.4 is 0 Å². The average Bonchev–Trinajstić information content (AvgIpc) is 3.15. The molecule has 0 aromatic heterocycles. The van der Waals surface area contributed by atoms with Crippen molar-refractivity contribution >= 4 is 69.1 Å². The van der Waals surface area contributed by atoms with E-state index in [2.05, 4.69) is 27.7 Å². The van der Waals surface area contributed by atoms with Gasteiger partial charge in [0, 0.05) is 25.7 Å². The Hall–Kier alpha value is -0.440. The van der Waals surface area contributed by atoms with Crippen molar-refractivity contribution in [3.8, 4) is 0 Å². The van der Waals surface area contributed by atoms with Crippen molar-refractivity contribution in [2.24, 2.45) is 27.1 Å². The van der Waals surface area contributed by atoms with Gasteiger partial charge in [-0.05, 0) is 148 Å². The van der Waals surface area contributed by atoms with Crippen LogP contribution in [0.1, 0.15) is 207 Å². The molecule has 0 radical (unpaired) electrons. The van der Waals surface area contributed by atoms with Gasteiger partial charge < -0.3 is 18.9 Å². The summed E-state index contributed by atoms with van der Waals surface area (Å²) in [6, 6.07) is 0. The van der Waals surface area contributed by atoms with E-state index in [0.717, 1.165) is 51.4 Å². The molecule has 0 aliphatic heterocycles. The molecule has 4 aliphatic carbocycles. The summed E-state index contributed by atoms with van der Waals surface area (Å²) in [4.78, 5) is 0. The van der Waals surface area contributed by atoms with Crippen LogP contribution in [0.2, 0.25) is 0 Å². The molecule has 4 rings (SSSR count). The molecule has 0 aromatic rings. The van der Waals surface area contributed by atoms with Gasteiger partial charge in [0.25, 0.3) is 0 Å². The predicted octanol–water partition coefficient (Wildman–Crippen LogP) is 14.4. The Morgan fingerprint density at radius 2 is 0.547 bits per heavy atom. The van der Waals surface area contributed by atoms with Crippen molar-refractivity contribution < 1.29 is 18.9 Å². The molecule has 0 spiro atoms. The van der Waals surface area contributed by atoms with Crippen LogP contribution in [0.5, 0.6) is 0 Å². The zero-order chi connectivity index (χ0) is 38.3. The fraction of sp³-hybridized carbons (Fsp3) is 0.911. The maximum Gasteiger partial charge on any atom is 0.159 e. The molecule has 0 atom stereocenters. The van der Waals surface area contributed by atoms with Gasteiger partial charge >= 0.3 is 0 Å². The molecule has 53 heavy (non-hydrogen) atoms. The molecular weight excluding hydrogens is 733 g/mol. The van der Waals surface area contributed by atoms with Gasteiger partial charge in [-0.1, -0.05) is 105 Å². The lowest BCUT2D eigenvalue weighted by atomic mass is 9.73. The van der Waals surface area contributed by atoms with E-state index in [1.165, 1.54) is 128 Å². The molecule has 304 valence electrons. The maximum atomic E-state index is 6.52. The molecular formula is C45H76O4S4. The van der Waals surface area contributed by atoms with Gasteiger partial charge in [0.15, 0.2) is 20.2 Å². The minimum atomic E-state index is -0.671. The van der Waals surface area contributed by atoms with E-state index in [-0.39, 0.29) is 0 Å². The van der Waals surface area contributed by atoms with Crippen molar-refractivity contribution in [1.29, 1.82) is 0 Å². The number of ether oxygens (including phenoxy) is 4. The molecule has 0 heterocycles. The lowest BCUT2D eigenvalue weighted by Crippen LogP contribution is -2.43. The summed E-state index contributed by atoms with van der Waals surface area (Å²) < 4.78 is 26.1. The van der Waals surface area contributed by atoms with Gasteiger partial charge in [-0.3, -0.25) is 0 Å². The molecule has 0 bridgehead atoms. The van der Waals surface area contributed by atoms with Crippen molar-refractivity contribution in [2.45, 2.75) is 207 Å². The fourth-order valence-electron chi connectivity index (χ4n) is 9.71. The zero-order valence-corrected chi connectivity index (χ0v) is 37.7. The second-order valence-corrected chi connectivity index (χ2v) is 21.4. The van der Waals surface area contributed by atoms with E-state index in [9.17, 15) is 0 Å². The number of rotatable bonds is 20. The van der Waals surface area contributed by atoms with Crippen LogP contribution in [0.25, 0.3) is 0 Å². The SMILES string of the molecule is CC1(CCC(=S)OCC(COC(=S)CCC2(C)CCCCC2)(COC(=S)CCC2(C)CCCCC2)COC(=S)CCC2(C)CCCCC2)CCCCC1. The smallest absolute Gasteiger partial charge is 0.159 e. The molecule has 0 aromatic carbocycles. The largest absolute Gasteiger partial charge is 0.486 e. The van der Waals surface area contributed by atoms with E-state index >= 15 is 0 Å². The fourth-order valence-corrected chi connectivity index (χ4v) is 10.4. The highest BCUT2D eigenvalue weighted by Gasteiger charge is 2.38. The predicted molar refractivity (Wildman–Crippen MR) is 238 cm³/mol. The summed E-state index contributed by atoms with van der Waals surface area (Å²) in [5, 5.41) is 2.65. The summed E-state index contributed by atoms with van der Waals surface area (Å²) in [5.41, 5.74) is 0.724. The van der Waals surface area contributed by atoms with E-state index in [4.69, 9.17) is 67.8 Å². The van der Waals surface area contributed by atoms with Gasteiger partial charge in [0.2, 0.25) is 0 Å². The summed E-state index contributed by atoms with van der Waals surface area (Å²) in [7, 11) is 0. The summed E-state index contributed by atoms with van der Waals surface area (Å²) in [6.45, 7) is 11.0. The van der Waals surface area contributed by atoms with E-state index in [1.54, 1.807) is 0 Å². The first-order chi connectivity index (χ1) is 25.2. The number of hydrogen-bond donors (Lipinski definition) is 0. The molecule has 4 fully saturated rings. The zero-order valence-electron chi connectivity index (χ0n) is 34.4. The van der Waals surface area contributed by atoms with Crippen molar-refractivity contribution in [1.82, 2.24) is 0 Å². The highest BCUT2D eigenvalue weighted by molar-refractivity contribution is 7.80. The second-order valence-electron chi connectivity index (χ2n) is 19.6. The molecule has 4 aliphatic rings. The Morgan fingerprint density at radius 3 is 0.736 bits per heavy atom. The average molecular weight is 809 g/mol. The molecule has 0 saturated heterocycles. The first-order valence-electron chi connectivity index (χ1n) is 21.9. The summed E-state index contributed by atoms with van der Waals surface area (Å²) in [5.74, 6) is 0. The van der Waals surface area contributed by atoms with Gasteiger partial charge in [-0.2, -0.15) is 0 Å². The molecule has 0 amide bonds. The molecule has 4 nitrogen and oxygen atoms in total. The highest BCUT2D eigenvalue weighted by atomic mass is 32.1. The Morgan fingerprint density at radius 1 is 0.358 bits per heavy atom. The van der Waals surface area contributed by atoms with Gasteiger partial charge in [-0.25, -0.2) is 0 Å². The first kappa shape index (κ1) is 45.3. The van der Waals surface area contributed by atoms with Crippen LogP contribution in [-0.4, -0.2) is 46.6 Å². The van der Waals surface area contributed by atoms with E-state index < -0.39 is 5.41 Å². The Kier molecular flexibility index (Phi) is 18.7. The minimum Gasteiger partial charge on any atom is -0.486 e.